The van der Waals surface area contributed by atoms with E-state index in [2.05, 4.69) is 15.4 Å². The van der Waals surface area contributed by atoms with Crippen molar-refractivity contribution in [3.8, 4) is 0 Å². The number of hydrogen-bond acceptors (Lipinski definition) is 5. The summed E-state index contributed by atoms with van der Waals surface area (Å²) in [5, 5.41) is 5.29. The second-order valence-electron chi connectivity index (χ2n) is 5.96. The number of anilines is 1. The van der Waals surface area contributed by atoms with E-state index >= 15 is 0 Å². The predicted molar refractivity (Wildman–Crippen MR) is 104 cm³/mol. The van der Waals surface area contributed by atoms with Crippen LogP contribution in [0, 0.1) is 5.92 Å². The number of nitrogens with two attached hydrogens (primary N) is 1. The van der Waals surface area contributed by atoms with Gasteiger partial charge in [0, 0.05) is 38.2 Å². The van der Waals surface area contributed by atoms with Crippen molar-refractivity contribution in [2.24, 2.45) is 11.7 Å². The van der Waals surface area contributed by atoms with Gasteiger partial charge in [0.15, 0.2) is 0 Å². The summed E-state index contributed by atoms with van der Waals surface area (Å²) in [6, 6.07) is 5.93. The molecule has 0 unspecified atom stereocenters. The van der Waals surface area contributed by atoms with Crippen molar-refractivity contribution in [2.45, 2.75) is 31.6 Å². The first-order valence-electron chi connectivity index (χ1n) is 8.11. The zero-order valence-electron chi connectivity index (χ0n) is 14.9. The summed E-state index contributed by atoms with van der Waals surface area (Å²) in [6.45, 7) is 4.44. The summed E-state index contributed by atoms with van der Waals surface area (Å²) < 4.78 is 26.4. The molecule has 0 aliphatic heterocycles. The van der Waals surface area contributed by atoms with Gasteiger partial charge in [0.2, 0.25) is 21.8 Å². The Labute approximate surface area is 160 Å². The lowest BCUT2D eigenvalue weighted by Gasteiger charge is -2.10. The molecule has 0 aliphatic carbocycles. The Kier molecular flexibility index (Phi) is 11.1. The van der Waals surface area contributed by atoms with E-state index in [1.807, 2.05) is 13.8 Å². The van der Waals surface area contributed by atoms with Crippen molar-refractivity contribution in [3.63, 3.8) is 0 Å². The maximum absolute atomic E-state index is 12.0. The highest BCUT2D eigenvalue weighted by atomic mass is 35.5. The van der Waals surface area contributed by atoms with Crippen molar-refractivity contribution in [2.75, 3.05) is 25.0 Å². The molecule has 8 nitrogen and oxygen atoms in total. The number of carbonyl (C=O) groups excluding carboxylic acids is 2. The molecule has 1 rings (SSSR count). The van der Waals surface area contributed by atoms with Gasteiger partial charge in [-0.2, -0.15) is 0 Å². The van der Waals surface area contributed by atoms with Crippen molar-refractivity contribution in [1.82, 2.24) is 10.0 Å². The van der Waals surface area contributed by atoms with Crippen LogP contribution in [0.25, 0.3) is 0 Å². The van der Waals surface area contributed by atoms with E-state index in [4.69, 9.17) is 5.73 Å². The number of halogens is 1. The molecule has 2 amide bonds. The third-order valence-corrected chi connectivity index (χ3v) is 4.59. The van der Waals surface area contributed by atoms with E-state index in [0.29, 0.717) is 12.1 Å². The Balaban J connectivity index is 0.00000625. The number of hydrogen-bond donors (Lipinski definition) is 4. The Morgan fingerprint density at radius 1 is 1.15 bits per heavy atom. The molecule has 0 heterocycles. The molecular weight excluding hydrogens is 380 g/mol. The van der Waals surface area contributed by atoms with Gasteiger partial charge >= 0.3 is 0 Å². The summed E-state index contributed by atoms with van der Waals surface area (Å²) in [7, 11) is -3.66. The first kappa shape index (κ1) is 24.3. The molecule has 0 atom stereocenters. The minimum Gasteiger partial charge on any atom is -0.356 e. The SMILES string of the molecule is CC(C)CC(=O)NCCC(=O)Nc1cccc(S(=O)(=O)NCCN)c1.Cl. The van der Waals surface area contributed by atoms with Crippen LogP contribution in [0.1, 0.15) is 26.7 Å². The predicted octanol–water partition coefficient (Wildman–Crippen LogP) is 0.836. The fourth-order valence-corrected chi connectivity index (χ4v) is 3.09. The van der Waals surface area contributed by atoms with Crippen LogP contribution in [-0.2, 0) is 19.6 Å². The number of carbonyl (C=O) groups is 2. The number of amides is 2. The van der Waals surface area contributed by atoms with Gasteiger partial charge in [0.1, 0.15) is 0 Å². The van der Waals surface area contributed by atoms with Gasteiger partial charge in [-0.1, -0.05) is 19.9 Å². The average molecular weight is 407 g/mol. The lowest BCUT2D eigenvalue weighted by Crippen LogP contribution is -2.29. The lowest BCUT2D eigenvalue weighted by atomic mass is 10.1. The molecule has 0 radical (unpaired) electrons. The smallest absolute Gasteiger partial charge is 0.240 e. The maximum atomic E-state index is 12.0. The maximum Gasteiger partial charge on any atom is 0.240 e. The van der Waals surface area contributed by atoms with Crippen LogP contribution in [-0.4, -0.2) is 39.9 Å². The van der Waals surface area contributed by atoms with E-state index in [1.165, 1.54) is 18.2 Å². The van der Waals surface area contributed by atoms with Crippen LogP contribution >= 0.6 is 12.4 Å². The molecule has 0 spiro atoms. The third-order valence-electron chi connectivity index (χ3n) is 3.13. The highest BCUT2D eigenvalue weighted by molar-refractivity contribution is 7.89. The molecule has 0 fully saturated rings. The normalized spacial score (nSPS) is 10.9. The van der Waals surface area contributed by atoms with Gasteiger partial charge < -0.3 is 16.4 Å². The largest absolute Gasteiger partial charge is 0.356 e. The van der Waals surface area contributed by atoms with Crippen molar-refractivity contribution >= 4 is 39.9 Å². The molecule has 148 valence electrons. The highest BCUT2D eigenvalue weighted by Crippen LogP contribution is 2.15. The minimum absolute atomic E-state index is 0. The number of rotatable bonds is 10. The number of nitrogens with one attached hydrogen (secondary N) is 3. The van der Waals surface area contributed by atoms with Gasteiger partial charge in [-0.05, 0) is 24.1 Å². The van der Waals surface area contributed by atoms with Crippen molar-refractivity contribution in [1.29, 1.82) is 0 Å². The van der Waals surface area contributed by atoms with Crippen molar-refractivity contribution < 1.29 is 18.0 Å². The molecule has 0 aliphatic rings. The molecule has 1 aromatic rings. The average Bonchev–Trinajstić information content (AvgIpc) is 2.52. The Bertz CT molecular complexity index is 695. The summed E-state index contributed by atoms with van der Waals surface area (Å²) in [5.41, 5.74) is 5.66. The summed E-state index contributed by atoms with van der Waals surface area (Å²) in [5.74, 6) is -0.150. The fraction of sp³-hybridized carbons (Fsp3) is 0.500. The van der Waals surface area contributed by atoms with Crippen LogP contribution < -0.4 is 21.1 Å². The van der Waals surface area contributed by atoms with E-state index in [-0.39, 0.29) is 61.1 Å². The van der Waals surface area contributed by atoms with Crippen LogP contribution in [0.5, 0.6) is 0 Å². The third kappa shape index (κ3) is 9.14. The quantitative estimate of drug-likeness (QED) is 0.457. The van der Waals surface area contributed by atoms with Gasteiger partial charge in [-0.25, -0.2) is 13.1 Å². The van der Waals surface area contributed by atoms with Crippen molar-refractivity contribution in [3.05, 3.63) is 24.3 Å². The minimum atomic E-state index is -3.66. The van der Waals surface area contributed by atoms with Gasteiger partial charge in [-0.15, -0.1) is 12.4 Å². The molecule has 0 saturated carbocycles. The molecular formula is C16H27ClN4O4S. The molecule has 26 heavy (non-hydrogen) atoms. The number of benzene rings is 1. The van der Waals surface area contributed by atoms with E-state index in [1.54, 1.807) is 6.07 Å². The topological polar surface area (TPSA) is 130 Å². The second kappa shape index (κ2) is 11.8. The van der Waals surface area contributed by atoms with Gasteiger partial charge in [0.05, 0.1) is 4.90 Å². The summed E-state index contributed by atoms with van der Waals surface area (Å²) >= 11 is 0. The summed E-state index contributed by atoms with van der Waals surface area (Å²) in [6.07, 6.45) is 0.517. The molecule has 1 aromatic carbocycles. The Morgan fingerprint density at radius 2 is 1.85 bits per heavy atom. The standard InChI is InChI=1S/C16H26N4O4S.ClH/c1-12(2)10-16(22)18-8-6-15(21)20-13-4-3-5-14(11-13)25(23,24)19-9-7-17;/h3-5,11-12,19H,6-10,17H2,1-2H3,(H,18,22)(H,20,21);1H. The van der Waals surface area contributed by atoms with Crippen LogP contribution in [0.15, 0.2) is 29.2 Å². The molecule has 0 bridgehead atoms. The zero-order valence-corrected chi connectivity index (χ0v) is 16.6. The van der Waals surface area contributed by atoms with Gasteiger partial charge in [-0.3, -0.25) is 9.59 Å². The number of sulfonamides is 1. The first-order valence-corrected chi connectivity index (χ1v) is 9.59. The molecule has 0 aromatic heterocycles. The molecule has 0 saturated heterocycles. The lowest BCUT2D eigenvalue weighted by molar-refractivity contribution is -0.122. The second-order valence-corrected chi connectivity index (χ2v) is 7.73. The van der Waals surface area contributed by atoms with E-state index in [9.17, 15) is 18.0 Å². The van der Waals surface area contributed by atoms with Crippen LogP contribution in [0.3, 0.4) is 0 Å². The van der Waals surface area contributed by atoms with Gasteiger partial charge in [0.25, 0.3) is 0 Å². The van der Waals surface area contributed by atoms with Crippen LogP contribution in [0.4, 0.5) is 5.69 Å². The highest BCUT2D eigenvalue weighted by Gasteiger charge is 2.14. The van der Waals surface area contributed by atoms with Crippen LogP contribution in [0.2, 0.25) is 0 Å². The Hall–Kier alpha value is -1.68. The van der Waals surface area contributed by atoms with E-state index < -0.39 is 10.0 Å². The fourth-order valence-electron chi connectivity index (χ4n) is 2.00. The first-order chi connectivity index (χ1) is 11.7. The summed E-state index contributed by atoms with van der Waals surface area (Å²) in [4.78, 5) is 23.5. The monoisotopic (exact) mass is 406 g/mol. The van der Waals surface area contributed by atoms with E-state index in [0.717, 1.165) is 0 Å². The molecule has 10 heteroatoms. The zero-order chi connectivity index (χ0) is 18.9. The molecule has 5 N–H and O–H groups in total. The Morgan fingerprint density at radius 3 is 2.46 bits per heavy atom.